The minimum atomic E-state index is -3.98. The number of hydrogen-bond donors (Lipinski definition) is 0. The molecule has 170 valence electrons. The zero-order valence-corrected chi connectivity index (χ0v) is 19.8. The molecule has 0 aliphatic carbocycles. The first kappa shape index (κ1) is 25.2. The normalized spacial score (nSPS) is 12.9. The van der Waals surface area contributed by atoms with Gasteiger partial charge in [0, 0.05) is 30.0 Å². The molecule has 0 radical (unpaired) electrons. The monoisotopic (exact) mass is 465 g/mol. The zero-order chi connectivity index (χ0) is 22.7. The van der Waals surface area contributed by atoms with Crippen molar-refractivity contribution in [2.75, 3.05) is 13.1 Å². The van der Waals surface area contributed by atoms with Crippen molar-refractivity contribution in [3.8, 4) is 0 Å². The van der Waals surface area contributed by atoms with Gasteiger partial charge in [-0.3, -0.25) is 10.1 Å². The third-order valence-corrected chi connectivity index (χ3v) is 8.55. The van der Waals surface area contributed by atoms with E-state index < -0.39 is 25.8 Å². The highest BCUT2D eigenvalue weighted by Crippen LogP contribution is 2.28. The molecule has 0 aromatic heterocycles. The van der Waals surface area contributed by atoms with Crippen LogP contribution < -0.4 is 0 Å². The lowest BCUT2D eigenvalue weighted by Gasteiger charge is -2.25. The SMILES string of the molecule is CCCCCN(CCCCC)/S(=N\S(=O)(=O)c1ccccc1)c1ccccc1[N+](=O)[O-]. The van der Waals surface area contributed by atoms with E-state index in [1.54, 1.807) is 36.4 Å². The molecule has 0 saturated carbocycles. The summed E-state index contributed by atoms with van der Waals surface area (Å²) in [5, 5.41) is 11.7. The van der Waals surface area contributed by atoms with Crippen LogP contribution in [-0.2, 0) is 20.9 Å². The molecule has 0 aliphatic heterocycles. The van der Waals surface area contributed by atoms with Gasteiger partial charge in [0.1, 0.15) is 4.90 Å². The number of sulfonamides is 1. The van der Waals surface area contributed by atoms with E-state index in [1.165, 1.54) is 18.2 Å². The van der Waals surface area contributed by atoms with E-state index >= 15 is 0 Å². The van der Waals surface area contributed by atoms with Crippen molar-refractivity contribution in [1.29, 1.82) is 0 Å². The number of rotatable bonds is 13. The number of para-hydroxylation sites is 1. The van der Waals surface area contributed by atoms with Gasteiger partial charge in [0.05, 0.1) is 9.82 Å². The first-order valence-electron chi connectivity index (χ1n) is 10.7. The maximum atomic E-state index is 13.1. The standard InChI is InChI=1S/C22H31N3O4S2/c1-3-5-12-18-24(19-13-6-4-2)30(22-17-11-10-16-21(22)25(26)27)23-31(28,29)20-14-8-7-9-15-20/h7-11,14-17H,3-6,12-13,18-19H2,1-2H3. The highest BCUT2D eigenvalue weighted by molar-refractivity contribution is 7.99. The Labute approximate surface area is 187 Å². The molecule has 7 nitrogen and oxygen atoms in total. The molecule has 2 aromatic carbocycles. The zero-order valence-electron chi connectivity index (χ0n) is 18.1. The predicted octanol–water partition coefficient (Wildman–Crippen LogP) is 5.74. The second-order valence-electron chi connectivity index (χ2n) is 7.19. The molecule has 0 bridgehead atoms. The van der Waals surface area contributed by atoms with E-state index in [-0.39, 0.29) is 10.6 Å². The lowest BCUT2D eigenvalue weighted by Crippen LogP contribution is -2.29. The summed E-state index contributed by atoms with van der Waals surface area (Å²) in [4.78, 5) is 11.7. The van der Waals surface area contributed by atoms with Crippen molar-refractivity contribution in [3.05, 3.63) is 64.7 Å². The molecule has 0 saturated heterocycles. The molecule has 2 rings (SSSR count). The van der Waals surface area contributed by atoms with Gasteiger partial charge >= 0.3 is 0 Å². The van der Waals surface area contributed by atoms with Crippen molar-refractivity contribution >= 4 is 26.6 Å². The van der Waals surface area contributed by atoms with Gasteiger partial charge in [-0.1, -0.05) is 69.9 Å². The second kappa shape index (κ2) is 12.7. The van der Waals surface area contributed by atoms with E-state index in [0.29, 0.717) is 18.0 Å². The van der Waals surface area contributed by atoms with Crippen LogP contribution in [0.25, 0.3) is 0 Å². The molecule has 0 aliphatic rings. The van der Waals surface area contributed by atoms with E-state index in [9.17, 15) is 18.5 Å². The first-order valence-corrected chi connectivity index (χ1v) is 13.2. The van der Waals surface area contributed by atoms with Gasteiger partial charge in [-0.05, 0) is 31.0 Å². The fraction of sp³-hybridized carbons (Fsp3) is 0.455. The van der Waals surface area contributed by atoms with Crippen LogP contribution in [0.2, 0.25) is 0 Å². The van der Waals surface area contributed by atoms with Gasteiger partial charge in [-0.25, -0.2) is 4.31 Å². The molecule has 0 fully saturated rings. The van der Waals surface area contributed by atoms with Crippen molar-refractivity contribution < 1.29 is 13.3 Å². The Morgan fingerprint density at radius 1 is 0.903 bits per heavy atom. The molecular weight excluding hydrogens is 434 g/mol. The summed E-state index contributed by atoms with van der Waals surface area (Å²) in [6.45, 7) is 5.49. The lowest BCUT2D eigenvalue weighted by atomic mass is 10.2. The molecule has 0 amide bonds. The maximum absolute atomic E-state index is 13.1. The quantitative estimate of drug-likeness (QED) is 0.214. The van der Waals surface area contributed by atoms with E-state index in [4.69, 9.17) is 0 Å². The Balaban J connectivity index is 2.61. The largest absolute Gasteiger partial charge is 0.289 e. The molecule has 31 heavy (non-hydrogen) atoms. The van der Waals surface area contributed by atoms with Crippen molar-refractivity contribution in [2.45, 2.75) is 62.2 Å². The van der Waals surface area contributed by atoms with Crippen LogP contribution in [0.5, 0.6) is 0 Å². The average Bonchev–Trinajstić information content (AvgIpc) is 2.77. The number of nitro groups is 1. The van der Waals surface area contributed by atoms with Gasteiger partial charge in [0.15, 0.2) is 0 Å². The van der Waals surface area contributed by atoms with Crippen LogP contribution in [0.4, 0.5) is 5.69 Å². The molecule has 0 heterocycles. The lowest BCUT2D eigenvalue weighted by molar-refractivity contribution is -0.387. The van der Waals surface area contributed by atoms with Crippen LogP contribution >= 0.6 is 0 Å². The number of hydrogen-bond acceptors (Lipinski definition) is 4. The Hall–Kier alpha value is -2.10. The minimum Gasteiger partial charge on any atom is -0.258 e. The second-order valence-corrected chi connectivity index (χ2v) is 10.7. The number of unbranched alkanes of at least 4 members (excludes halogenated alkanes) is 4. The van der Waals surface area contributed by atoms with Crippen LogP contribution in [0.3, 0.4) is 0 Å². The fourth-order valence-electron chi connectivity index (χ4n) is 3.08. The number of benzene rings is 2. The molecule has 1 unspecified atom stereocenters. The molecule has 1 atom stereocenters. The minimum absolute atomic E-state index is 0.0909. The molecule has 2 aromatic rings. The van der Waals surface area contributed by atoms with Crippen LogP contribution in [0.1, 0.15) is 52.4 Å². The van der Waals surface area contributed by atoms with Crippen molar-refractivity contribution in [2.24, 2.45) is 3.77 Å². The van der Waals surface area contributed by atoms with E-state index in [0.717, 1.165) is 38.5 Å². The summed E-state index contributed by atoms with van der Waals surface area (Å²) in [5.41, 5.74) is -0.103. The summed E-state index contributed by atoms with van der Waals surface area (Å²) in [7, 11) is -5.29. The van der Waals surface area contributed by atoms with E-state index in [2.05, 4.69) is 17.6 Å². The van der Waals surface area contributed by atoms with Gasteiger partial charge in [-0.15, -0.1) is 3.77 Å². The highest BCUT2D eigenvalue weighted by Gasteiger charge is 2.25. The number of nitro benzene ring substituents is 1. The van der Waals surface area contributed by atoms with Crippen molar-refractivity contribution in [1.82, 2.24) is 4.31 Å². The van der Waals surface area contributed by atoms with Crippen molar-refractivity contribution in [3.63, 3.8) is 0 Å². The van der Waals surface area contributed by atoms with Crippen LogP contribution in [-0.4, -0.2) is 30.7 Å². The van der Waals surface area contributed by atoms with Gasteiger partial charge in [-0.2, -0.15) is 8.42 Å². The smallest absolute Gasteiger partial charge is 0.258 e. The first-order chi connectivity index (χ1) is 14.9. The predicted molar refractivity (Wildman–Crippen MR) is 125 cm³/mol. The Morgan fingerprint density at radius 3 is 2.00 bits per heavy atom. The molecule has 9 heteroatoms. The summed E-state index contributed by atoms with van der Waals surface area (Å²) >= 11 is 0. The summed E-state index contributed by atoms with van der Waals surface area (Å²) in [6, 6.07) is 14.3. The molecule has 0 N–H and O–H groups in total. The van der Waals surface area contributed by atoms with Gasteiger partial charge in [0.2, 0.25) is 0 Å². The fourth-order valence-corrected chi connectivity index (χ4v) is 6.78. The summed E-state index contributed by atoms with van der Waals surface area (Å²) < 4.78 is 32.5. The average molecular weight is 466 g/mol. The van der Waals surface area contributed by atoms with Crippen LogP contribution in [0, 0.1) is 10.1 Å². The molecule has 0 spiro atoms. The highest BCUT2D eigenvalue weighted by atomic mass is 32.3. The third kappa shape index (κ3) is 7.52. The van der Waals surface area contributed by atoms with E-state index in [1.807, 2.05) is 4.31 Å². The number of nitrogens with zero attached hydrogens (tertiary/aromatic N) is 3. The Kier molecular flexibility index (Phi) is 10.3. The summed E-state index contributed by atoms with van der Waals surface area (Å²) in [5.74, 6) is 0. The van der Waals surface area contributed by atoms with Gasteiger partial charge in [0.25, 0.3) is 15.7 Å². The third-order valence-electron chi connectivity index (χ3n) is 4.74. The summed E-state index contributed by atoms with van der Waals surface area (Å²) in [6.07, 6.45) is 5.83. The maximum Gasteiger partial charge on any atom is 0.289 e. The topological polar surface area (TPSA) is 92.9 Å². The van der Waals surface area contributed by atoms with Crippen LogP contribution in [0.15, 0.2) is 68.2 Å². The molecular formula is C22H31N3O4S2. The Morgan fingerprint density at radius 2 is 1.45 bits per heavy atom. The Bertz CT molecular complexity index is 969. The van der Waals surface area contributed by atoms with Gasteiger partial charge < -0.3 is 0 Å².